The van der Waals surface area contributed by atoms with E-state index in [9.17, 15) is 4.39 Å². The van der Waals surface area contributed by atoms with E-state index in [1.807, 2.05) is 19.9 Å². The molecule has 0 spiro atoms. The molecule has 26 heavy (non-hydrogen) atoms. The fourth-order valence-corrected chi connectivity index (χ4v) is 4.47. The molecule has 0 radical (unpaired) electrons. The summed E-state index contributed by atoms with van der Waals surface area (Å²) in [6.07, 6.45) is 2.50. The zero-order valence-electron chi connectivity index (χ0n) is 15.4. The highest BCUT2D eigenvalue weighted by atomic mass is 19.1. The van der Waals surface area contributed by atoms with Gasteiger partial charge in [0.05, 0.1) is 23.9 Å². The van der Waals surface area contributed by atoms with Crippen LogP contribution in [0.1, 0.15) is 44.8 Å². The smallest absolute Gasteiger partial charge is 0.132 e. The van der Waals surface area contributed by atoms with Gasteiger partial charge in [0, 0.05) is 37.2 Å². The van der Waals surface area contributed by atoms with Crippen molar-refractivity contribution in [3.05, 3.63) is 18.1 Å². The zero-order valence-corrected chi connectivity index (χ0v) is 15.4. The third-order valence-electron chi connectivity index (χ3n) is 5.74. The van der Waals surface area contributed by atoms with Crippen molar-refractivity contribution < 1.29 is 9.13 Å². The van der Waals surface area contributed by atoms with Gasteiger partial charge in [-0.05, 0) is 33.1 Å². The van der Waals surface area contributed by atoms with Gasteiger partial charge in [-0.1, -0.05) is 0 Å². The van der Waals surface area contributed by atoms with Gasteiger partial charge in [0.15, 0.2) is 0 Å². The Kier molecular flexibility index (Phi) is 5.09. The van der Waals surface area contributed by atoms with Crippen molar-refractivity contribution in [3.63, 3.8) is 0 Å². The van der Waals surface area contributed by atoms with E-state index >= 15 is 0 Å². The van der Waals surface area contributed by atoms with Crippen LogP contribution in [0.3, 0.4) is 0 Å². The Labute approximate surface area is 153 Å². The number of alkyl halides is 1. The Hall–Kier alpha value is -1.35. The predicted molar refractivity (Wildman–Crippen MR) is 97.3 cm³/mol. The second kappa shape index (κ2) is 7.34. The molecule has 0 bridgehead atoms. The number of anilines is 1. The molecule has 1 saturated carbocycles. The molecular weight excluding hydrogens is 335 g/mol. The highest BCUT2D eigenvalue weighted by molar-refractivity contribution is 5.41. The van der Waals surface area contributed by atoms with E-state index in [0.717, 1.165) is 31.0 Å². The number of nitrogens with two attached hydrogens (primary N) is 1. The quantitative estimate of drug-likeness (QED) is 0.737. The van der Waals surface area contributed by atoms with E-state index in [0.29, 0.717) is 12.8 Å². The Morgan fingerprint density at radius 3 is 2.88 bits per heavy atom. The summed E-state index contributed by atoms with van der Waals surface area (Å²) >= 11 is 0. The van der Waals surface area contributed by atoms with Crippen molar-refractivity contribution in [2.24, 2.45) is 11.7 Å². The Bertz CT molecular complexity index is 631. The first-order chi connectivity index (χ1) is 12.5. The van der Waals surface area contributed by atoms with Crippen LogP contribution in [-0.4, -0.2) is 53.5 Å². The minimum atomic E-state index is -0.932. The molecule has 0 amide bonds. The van der Waals surface area contributed by atoms with Crippen LogP contribution in [0.15, 0.2) is 12.4 Å². The first kappa shape index (κ1) is 18.0. The maximum atomic E-state index is 14.4. The summed E-state index contributed by atoms with van der Waals surface area (Å²) in [7, 11) is 0. The van der Waals surface area contributed by atoms with Gasteiger partial charge in [0.1, 0.15) is 18.3 Å². The van der Waals surface area contributed by atoms with Crippen LogP contribution in [0.5, 0.6) is 0 Å². The lowest BCUT2D eigenvalue weighted by molar-refractivity contribution is -0.0708. The molecule has 4 N–H and O–H groups in total. The third kappa shape index (κ3) is 3.55. The van der Waals surface area contributed by atoms with E-state index in [2.05, 4.69) is 25.7 Å². The molecule has 3 heterocycles. The van der Waals surface area contributed by atoms with E-state index < -0.39 is 6.17 Å². The molecule has 3 fully saturated rings. The fraction of sp³-hybridized carbons (Fsp3) is 0.778. The second-order valence-electron chi connectivity index (χ2n) is 8.04. The number of aromatic nitrogens is 2. The molecule has 3 aliphatic rings. The standard InChI is InChI=1S/C18H29FN6O/c1-10(2)26-16-5-12-14(6-13(16)19)23-24-18(12)15-7-17(22-9-21-15)25-4-3-11(20)8-25/h7,9-14,16,18,23-24H,3-6,8,20H2,1-2H3/t11-,12?,13?,14?,16?,18?/m0/s1. The molecule has 1 aromatic heterocycles. The van der Waals surface area contributed by atoms with Gasteiger partial charge in [-0.25, -0.2) is 19.8 Å². The molecule has 144 valence electrons. The normalized spacial score (nSPS) is 37.3. The number of rotatable bonds is 4. The fourth-order valence-electron chi connectivity index (χ4n) is 4.47. The number of fused-ring (bicyclic) bond motifs is 1. The number of nitrogens with zero attached hydrogens (tertiary/aromatic N) is 3. The SMILES string of the molecule is CC(C)OC1CC2C(CC1F)NNC2c1cc(N2CC[C@H](N)C2)ncn1. The molecule has 2 aliphatic heterocycles. The Morgan fingerprint density at radius 1 is 1.31 bits per heavy atom. The number of hydrogen-bond acceptors (Lipinski definition) is 7. The van der Waals surface area contributed by atoms with E-state index in [4.69, 9.17) is 10.5 Å². The first-order valence-corrected chi connectivity index (χ1v) is 9.64. The predicted octanol–water partition coefficient (Wildman–Crippen LogP) is 1.07. The van der Waals surface area contributed by atoms with E-state index in [1.54, 1.807) is 6.33 Å². The highest BCUT2D eigenvalue weighted by Gasteiger charge is 2.46. The molecule has 6 atom stereocenters. The number of hydrazine groups is 1. The summed E-state index contributed by atoms with van der Waals surface area (Å²) in [4.78, 5) is 11.1. The minimum absolute atomic E-state index is 0.0283. The monoisotopic (exact) mass is 364 g/mol. The van der Waals surface area contributed by atoms with Gasteiger partial charge in [0.25, 0.3) is 0 Å². The molecule has 7 nitrogen and oxygen atoms in total. The van der Waals surface area contributed by atoms with Crippen LogP contribution in [-0.2, 0) is 4.74 Å². The van der Waals surface area contributed by atoms with Crippen LogP contribution in [0.4, 0.5) is 10.2 Å². The van der Waals surface area contributed by atoms with Gasteiger partial charge >= 0.3 is 0 Å². The summed E-state index contributed by atoms with van der Waals surface area (Å²) in [5.41, 5.74) is 13.6. The number of hydrogen-bond donors (Lipinski definition) is 3. The van der Waals surface area contributed by atoms with Crippen molar-refractivity contribution in [1.29, 1.82) is 0 Å². The van der Waals surface area contributed by atoms with Crippen LogP contribution in [0.25, 0.3) is 0 Å². The minimum Gasteiger partial charge on any atom is -0.373 e. The van der Waals surface area contributed by atoms with Crippen LogP contribution >= 0.6 is 0 Å². The lowest BCUT2D eigenvalue weighted by Gasteiger charge is -2.36. The van der Waals surface area contributed by atoms with Crippen molar-refractivity contribution in [3.8, 4) is 0 Å². The van der Waals surface area contributed by atoms with Gasteiger partial charge in [-0.2, -0.15) is 0 Å². The Balaban J connectivity index is 1.51. The maximum absolute atomic E-state index is 14.4. The molecule has 8 heteroatoms. The summed E-state index contributed by atoms with van der Waals surface area (Å²) in [6, 6.07) is 2.38. The summed E-state index contributed by atoms with van der Waals surface area (Å²) in [5, 5.41) is 0. The highest BCUT2D eigenvalue weighted by Crippen LogP contribution is 2.40. The number of halogens is 1. The second-order valence-corrected chi connectivity index (χ2v) is 8.04. The zero-order chi connectivity index (χ0) is 18.3. The lowest BCUT2D eigenvalue weighted by Crippen LogP contribution is -2.44. The average Bonchev–Trinajstić information content (AvgIpc) is 3.21. The molecule has 5 unspecified atom stereocenters. The number of nitrogens with one attached hydrogen (secondary N) is 2. The summed E-state index contributed by atoms with van der Waals surface area (Å²) < 4.78 is 20.3. The van der Waals surface area contributed by atoms with Crippen LogP contribution < -0.4 is 21.5 Å². The van der Waals surface area contributed by atoms with Crippen LogP contribution in [0, 0.1) is 5.92 Å². The third-order valence-corrected chi connectivity index (χ3v) is 5.74. The molecule has 0 aromatic carbocycles. The van der Waals surface area contributed by atoms with Crippen molar-refractivity contribution in [2.45, 2.75) is 69.6 Å². The summed E-state index contributed by atoms with van der Waals surface area (Å²) in [6.45, 7) is 5.67. The van der Waals surface area contributed by atoms with Gasteiger partial charge in [-0.15, -0.1) is 0 Å². The van der Waals surface area contributed by atoms with Crippen molar-refractivity contribution in [2.75, 3.05) is 18.0 Å². The molecule has 1 aromatic rings. The first-order valence-electron chi connectivity index (χ1n) is 9.64. The number of ether oxygens (including phenoxy) is 1. The molecule has 1 aliphatic carbocycles. The largest absolute Gasteiger partial charge is 0.373 e. The molecular formula is C18H29FN6O. The topological polar surface area (TPSA) is 88.3 Å². The van der Waals surface area contributed by atoms with Crippen molar-refractivity contribution in [1.82, 2.24) is 20.8 Å². The van der Waals surface area contributed by atoms with Gasteiger partial charge in [-0.3, -0.25) is 5.43 Å². The molecule has 2 saturated heterocycles. The average molecular weight is 364 g/mol. The van der Waals surface area contributed by atoms with E-state index in [1.165, 1.54) is 0 Å². The lowest BCUT2D eigenvalue weighted by atomic mass is 9.78. The maximum Gasteiger partial charge on any atom is 0.132 e. The van der Waals surface area contributed by atoms with Gasteiger partial charge in [0.2, 0.25) is 0 Å². The summed E-state index contributed by atoms with van der Waals surface area (Å²) in [5.74, 6) is 1.16. The van der Waals surface area contributed by atoms with E-state index in [-0.39, 0.29) is 36.3 Å². The van der Waals surface area contributed by atoms with Gasteiger partial charge < -0.3 is 15.4 Å². The van der Waals surface area contributed by atoms with Crippen LogP contribution in [0.2, 0.25) is 0 Å². The Morgan fingerprint density at radius 2 is 2.15 bits per heavy atom. The van der Waals surface area contributed by atoms with Crippen molar-refractivity contribution >= 4 is 5.82 Å². The molecule has 4 rings (SSSR count).